The van der Waals surface area contributed by atoms with Gasteiger partial charge in [-0.15, -0.1) is 0 Å². The molecular weight excluding hydrogens is 308 g/mol. The van der Waals surface area contributed by atoms with Gasteiger partial charge < -0.3 is 9.47 Å². The summed E-state index contributed by atoms with van der Waals surface area (Å²) in [6.07, 6.45) is -0.362. The number of benzene rings is 2. The Hall–Kier alpha value is -2.79. The van der Waals surface area contributed by atoms with Crippen LogP contribution in [0, 0.1) is 6.92 Å². The number of hydrogen-bond donors (Lipinski definition) is 0. The van der Waals surface area contributed by atoms with Crippen LogP contribution >= 0.6 is 0 Å². The molecule has 0 heterocycles. The molecule has 0 N–H and O–H groups in total. The largest absolute Gasteiger partial charge is 0.438 e. The molecule has 0 aliphatic heterocycles. The van der Waals surface area contributed by atoms with Gasteiger partial charge in [-0.25, -0.2) is 0 Å². The monoisotopic (exact) mass is 326 g/mol. The van der Waals surface area contributed by atoms with E-state index in [1.165, 1.54) is 0 Å². The van der Waals surface area contributed by atoms with Gasteiger partial charge in [-0.1, -0.05) is 60.2 Å². The van der Waals surface area contributed by atoms with Crippen molar-refractivity contribution in [1.29, 1.82) is 0 Å². The van der Waals surface area contributed by atoms with E-state index in [2.05, 4.69) is 0 Å². The zero-order valence-corrected chi connectivity index (χ0v) is 13.4. The van der Waals surface area contributed by atoms with Gasteiger partial charge in [0.1, 0.15) is 13.0 Å². The third-order valence-electron chi connectivity index (χ3n) is 3.31. The van der Waals surface area contributed by atoms with Crippen LogP contribution < -0.4 is 0 Å². The molecule has 2 aromatic rings. The van der Waals surface area contributed by atoms with Crippen molar-refractivity contribution in [2.24, 2.45) is 0 Å². The predicted octanol–water partition coefficient (Wildman–Crippen LogP) is 2.97. The Morgan fingerprint density at radius 1 is 0.833 bits per heavy atom. The Bertz CT molecular complexity index is 704. The van der Waals surface area contributed by atoms with E-state index in [1.54, 1.807) is 48.5 Å². The van der Waals surface area contributed by atoms with Crippen molar-refractivity contribution in [2.45, 2.75) is 13.3 Å². The number of hydrogen-bond acceptors (Lipinski definition) is 5. The van der Waals surface area contributed by atoms with Gasteiger partial charge in [-0.3, -0.25) is 14.4 Å². The summed E-state index contributed by atoms with van der Waals surface area (Å²) < 4.78 is 9.83. The Labute approximate surface area is 140 Å². The summed E-state index contributed by atoms with van der Waals surface area (Å²) in [6.45, 7) is 1.36. The van der Waals surface area contributed by atoms with E-state index in [-0.39, 0.29) is 31.4 Å². The summed E-state index contributed by atoms with van der Waals surface area (Å²) in [4.78, 5) is 35.3. The van der Waals surface area contributed by atoms with E-state index in [1.807, 2.05) is 13.0 Å². The molecule has 0 bridgehead atoms. The first-order valence-corrected chi connectivity index (χ1v) is 7.48. The first-order chi connectivity index (χ1) is 11.6. The molecule has 0 saturated heterocycles. The number of rotatable bonds is 8. The molecule has 5 heteroatoms. The quantitative estimate of drug-likeness (QED) is 0.245. The smallest absolute Gasteiger partial charge is 0.315 e. The lowest BCUT2D eigenvalue weighted by Gasteiger charge is -2.06. The maximum absolute atomic E-state index is 11.9. The third-order valence-corrected chi connectivity index (χ3v) is 3.31. The average Bonchev–Trinajstić information content (AvgIpc) is 2.59. The fourth-order valence-corrected chi connectivity index (χ4v) is 1.97. The summed E-state index contributed by atoms with van der Waals surface area (Å²) in [6, 6.07) is 15.6. The van der Waals surface area contributed by atoms with Crippen LogP contribution in [0.2, 0.25) is 0 Å². The number of ketones is 2. The highest BCUT2D eigenvalue weighted by Gasteiger charge is 2.13. The van der Waals surface area contributed by atoms with E-state index in [0.717, 1.165) is 5.56 Å². The standard InChI is InChI=1S/C19H18O5/c1-14-7-9-16(10-8-14)17(20)11-19(22)24-13-23-12-18(21)15-5-3-2-4-6-15/h2-10H,11-13H2,1H3. The molecule has 0 atom stereocenters. The third kappa shape index (κ3) is 5.44. The van der Waals surface area contributed by atoms with Crippen molar-refractivity contribution in [3.8, 4) is 0 Å². The number of ether oxygens (including phenoxy) is 2. The zero-order valence-electron chi connectivity index (χ0n) is 13.4. The Morgan fingerprint density at radius 3 is 2.12 bits per heavy atom. The molecule has 2 aromatic carbocycles. The van der Waals surface area contributed by atoms with Gasteiger partial charge in [-0.05, 0) is 6.92 Å². The highest BCUT2D eigenvalue weighted by atomic mass is 16.7. The fourth-order valence-electron chi connectivity index (χ4n) is 1.97. The van der Waals surface area contributed by atoms with Gasteiger partial charge in [0.05, 0.1) is 0 Å². The first kappa shape index (κ1) is 17.6. The molecule has 124 valence electrons. The van der Waals surface area contributed by atoms with E-state index < -0.39 is 5.97 Å². The van der Waals surface area contributed by atoms with Crippen LogP contribution in [0.3, 0.4) is 0 Å². The molecular formula is C19H18O5. The summed E-state index contributed by atoms with van der Waals surface area (Å²) in [5.74, 6) is -1.21. The second-order valence-corrected chi connectivity index (χ2v) is 5.24. The number of esters is 1. The predicted molar refractivity (Wildman–Crippen MR) is 87.8 cm³/mol. The van der Waals surface area contributed by atoms with Crippen molar-refractivity contribution < 1.29 is 23.9 Å². The summed E-state index contributed by atoms with van der Waals surface area (Å²) in [5.41, 5.74) is 2.02. The lowest BCUT2D eigenvalue weighted by molar-refractivity contribution is -0.154. The van der Waals surface area contributed by atoms with Crippen molar-refractivity contribution >= 4 is 17.5 Å². The normalized spacial score (nSPS) is 10.2. The van der Waals surface area contributed by atoms with E-state index in [0.29, 0.717) is 11.1 Å². The molecule has 0 radical (unpaired) electrons. The molecule has 0 spiro atoms. The van der Waals surface area contributed by atoms with Gasteiger partial charge in [-0.2, -0.15) is 0 Å². The second kappa shape index (κ2) is 8.74. The maximum Gasteiger partial charge on any atom is 0.315 e. The highest BCUT2D eigenvalue weighted by Crippen LogP contribution is 2.07. The summed E-state index contributed by atoms with van der Waals surface area (Å²) in [5, 5.41) is 0. The van der Waals surface area contributed by atoms with Crippen LogP contribution in [0.25, 0.3) is 0 Å². The summed E-state index contributed by atoms with van der Waals surface area (Å²) in [7, 11) is 0. The van der Waals surface area contributed by atoms with Gasteiger partial charge in [0.25, 0.3) is 0 Å². The Morgan fingerprint density at radius 2 is 1.46 bits per heavy atom. The number of aryl methyl sites for hydroxylation is 1. The SMILES string of the molecule is Cc1ccc(C(=O)CC(=O)OCOCC(=O)c2ccccc2)cc1. The second-order valence-electron chi connectivity index (χ2n) is 5.24. The molecule has 0 amide bonds. The van der Waals surface area contributed by atoms with Crippen molar-refractivity contribution in [1.82, 2.24) is 0 Å². The lowest BCUT2D eigenvalue weighted by Crippen LogP contribution is -2.16. The lowest BCUT2D eigenvalue weighted by atomic mass is 10.1. The zero-order chi connectivity index (χ0) is 17.4. The van der Waals surface area contributed by atoms with E-state index >= 15 is 0 Å². The highest BCUT2D eigenvalue weighted by molar-refractivity contribution is 6.05. The molecule has 0 aromatic heterocycles. The molecule has 0 fully saturated rings. The molecule has 0 aliphatic carbocycles. The van der Waals surface area contributed by atoms with Gasteiger partial charge >= 0.3 is 5.97 Å². The molecule has 0 aliphatic rings. The Balaban J connectivity index is 1.69. The molecule has 2 rings (SSSR count). The fraction of sp³-hybridized carbons (Fsp3) is 0.211. The summed E-state index contributed by atoms with van der Waals surface area (Å²) >= 11 is 0. The molecule has 0 saturated carbocycles. The van der Waals surface area contributed by atoms with Crippen LogP contribution in [-0.2, 0) is 14.3 Å². The van der Waals surface area contributed by atoms with Crippen LogP contribution in [-0.4, -0.2) is 30.9 Å². The molecule has 24 heavy (non-hydrogen) atoms. The number of carbonyl (C=O) groups is 3. The van der Waals surface area contributed by atoms with Crippen LogP contribution in [0.1, 0.15) is 32.7 Å². The van der Waals surface area contributed by atoms with Gasteiger partial charge in [0.15, 0.2) is 18.4 Å². The van der Waals surface area contributed by atoms with Gasteiger partial charge in [0, 0.05) is 11.1 Å². The van der Waals surface area contributed by atoms with Crippen molar-refractivity contribution in [2.75, 3.05) is 13.4 Å². The van der Waals surface area contributed by atoms with Crippen LogP contribution in [0.5, 0.6) is 0 Å². The van der Waals surface area contributed by atoms with Crippen molar-refractivity contribution in [3.63, 3.8) is 0 Å². The van der Waals surface area contributed by atoms with Crippen LogP contribution in [0.4, 0.5) is 0 Å². The average molecular weight is 326 g/mol. The van der Waals surface area contributed by atoms with E-state index in [9.17, 15) is 14.4 Å². The Kier molecular flexibility index (Phi) is 6.40. The maximum atomic E-state index is 11.9. The topological polar surface area (TPSA) is 69.7 Å². The number of carbonyl (C=O) groups excluding carboxylic acids is 3. The molecule has 0 unspecified atom stereocenters. The first-order valence-electron chi connectivity index (χ1n) is 7.48. The van der Waals surface area contributed by atoms with E-state index in [4.69, 9.17) is 9.47 Å². The van der Waals surface area contributed by atoms with Gasteiger partial charge in [0.2, 0.25) is 0 Å². The minimum Gasteiger partial charge on any atom is -0.438 e. The number of Topliss-reactive ketones (excluding diaryl/α,β-unsaturated/α-hetero) is 2. The van der Waals surface area contributed by atoms with Crippen LogP contribution in [0.15, 0.2) is 54.6 Å². The minimum absolute atomic E-state index is 0.191. The molecule has 5 nitrogen and oxygen atoms in total. The van der Waals surface area contributed by atoms with Crippen molar-refractivity contribution in [3.05, 3.63) is 71.3 Å². The minimum atomic E-state index is -0.687.